The standard InChI is InChI=1S/C26H28O2/c1-18(15-16-23-19(2)11-9-17-26(23,3)4)10-5-6-14-22-24(27)20-12-7-8-13-21(20)25(22)28/h5-8,10,12-16H,9,11,17H2,1-4H3/b6-5+,16-15+,18-10+. The number of ketones is 2. The van der Waals surface area contributed by atoms with E-state index < -0.39 is 0 Å². The Bertz CT molecular complexity index is 925. The lowest BCUT2D eigenvalue weighted by molar-refractivity contribution is 0.0989. The molecule has 0 aromatic heterocycles. The van der Waals surface area contributed by atoms with Crippen LogP contribution < -0.4 is 0 Å². The van der Waals surface area contributed by atoms with Gasteiger partial charge in [-0.15, -0.1) is 0 Å². The molecular formula is C26H28O2. The van der Waals surface area contributed by atoms with Gasteiger partial charge in [-0.3, -0.25) is 9.59 Å². The summed E-state index contributed by atoms with van der Waals surface area (Å²) in [5.74, 6) is -0.374. The van der Waals surface area contributed by atoms with Gasteiger partial charge in [-0.2, -0.15) is 0 Å². The first kappa shape index (κ1) is 20.0. The molecule has 0 aliphatic heterocycles. The molecule has 0 heterocycles. The van der Waals surface area contributed by atoms with Gasteiger partial charge in [0, 0.05) is 11.1 Å². The number of hydrogen-bond donors (Lipinski definition) is 0. The fourth-order valence-corrected chi connectivity index (χ4v) is 4.06. The van der Waals surface area contributed by atoms with E-state index in [1.54, 1.807) is 36.4 Å². The highest BCUT2D eigenvalue weighted by Gasteiger charge is 2.31. The van der Waals surface area contributed by atoms with E-state index in [1.165, 1.54) is 30.4 Å². The summed E-state index contributed by atoms with van der Waals surface area (Å²) in [6.45, 7) is 8.92. The molecule has 28 heavy (non-hydrogen) atoms. The fraction of sp³-hybridized carbons (Fsp3) is 0.308. The van der Waals surface area contributed by atoms with Crippen LogP contribution in [0.1, 0.15) is 67.7 Å². The molecule has 1 aromatic rings. The second-order valence-electron chi connectivity index (χ2n) is 8.34. The lowest BCUT2D eigenvalue weighted by atomic mass is 9.72. The van der Waals surface area contributed by atoms with E-state index in [0.29, 0.717) is 11.1 Å². The van der Waals surface area contributed by atoms with E-state index in [4.69, 9.17) is 0 Å². The van der Waals surface area contributed by atoms with Crippen molar-refractivity contribution in [1.82, 2.24) is 0 Å². The highest BCUT2D eigenvalue weighted by Crippen LogP contribution is 2.40. The molecule has 144 valence electrons. The summed E-state index contributed by atoms with van der Waals surface area (Å²) in [5, 5.41) is 0. The summed E-state index contributed by atoms with van der Waals surface area (Å²) in [5.41, 5.74) is 5.53. The highest BCUT2D eigenvalue weighted by atomic mass is 16.2. The molecule has 0 amide bonds. The zero-order valence-electron chi connectivity index (χ0n) is 17.2. The first-order chi connectivity index (χ1) is 13.3. The fourth-order valence-electron chi connectivity index (χ4n) is 4.06. The van der Waals surface area contributed by atoms with Crippen molar-refractivity contribution < 1.29 is 9.59 Å². The number of rotatable bonds is 4. The van der Waals surface area contributed by atoms with Crippen molar-refractivity contribution >= 4 is 11.6 Å². The van der Waals surface area contributed by atoms with Gasteiger partial charge >= 0.3 is 0 Å². The molecular weight excluding hydrogens is 344 g/mol. The maximum atomic E-state index is 12.3. The van der Waals surface area contributed by atoms with Crippen LogP contribution in [-0.2, 0) is 0 Å². The molecule has 0 saturated carbocycles. The van der Waals surface area contributed by atoms with E-state index in [9.17, 15) is 9.59 Å². The number of Topliss-reactive ketones (excluding diaryl/α,β-unsaturated/α-hetero) is 2. The van der Waals surface area contributed by atoms with Gasteiger partial charge in [0.15, 0.2) is 11.6 Å². The molecule has 0 fully saturated rings. The Morgan fingerprint density at radius 2 is 1.68 bits per heavy atom. The molecule has 0 unspecified atom stereocenters. The smallest absolute Gasteiger partial charge is 0.197 e. The zero-order chi connectivity index (χ0) is 20.3. The summed E-state index contributed by atoms with van der Waals surface area (Å²) in [6.07, 6.45) is 15.3. The van der Waals surface area contributed by atoms with Gasteiger partial charge in [0.25, 0.3) is 0 Å². The molecule has 0 bridgehead atoms. The third kappa shape index (κ3) is 4.06. The largest absolute Gasteiger partial charge is 0.288 e. The second-order valence-corrected chi connectivity index (χ2v) is 8.34. The topological polar surface area (TPSA) is 34.1 Å². The van der Waals surface area contributed by atoms with Crippen LogP contribution in [0.2, 0.25) is 0 Å². The molecule has 2 nitrogen and oxygen atoms in total. The maximum Gasteiger partial charge on any atom is 0.197 e. The van der Waals surface area contributed by atoms with Gasteiger partial charge in [-0.1, -0.05) is 79.6 Å². The van der Waals surface area contributed by atoms with Crippen molar-refractivity contribution in [3.63, 3.8) is 0 Å². The highest BCUT2D eigenvalue weighted by molar-refractivity contribution is 6.39. The second kappa shape index (κ2) is 8.10. The van der Waals surface area contributed by atoms with Crippen LogP contribution in [0.5, 0.6) is 0 Å². The summed E-state index contributed by atoms with van der Waals surface area (Å²) in [6, 6.07) is 6.98. The first-order valence-electron chi connectivity index (χ1n) is 9.93. The van der Waals surface area contributed by atoms with Gasteiger partial charge in [0.1, 0.15) is 0 Å². The van der Waals surface area contributed by atoms with Gasteiger partial charge in [0.2, 0.25) is 0 Å². The normalized spacial score (nSPS) is 19.9. The van der Waals surface area contributed by atoms with Crippen molar-refractivity contribution in [2.24, 2.45) is 5.41 Å². The number of carbonyl (C=O) groups excluding carboxylic acids is 2. The summed E-state index contributed by atoms with van der Waals surface area (Å²) in [4.78, 5) is 24.7. The number of fused-ring (bicyclic) bond motifs is 1. The lowest BCUT2D eigenvalue weighted by Crippen LogP contribution is -2.19. The Balaban J connectivity index is 1.71. The number of allylic oxidation sites excluding steroid dienone is 10. The molecule has 0 saturated heterocycles. The van der Waals surface area contributed by atoms with Crippen molar-refractivity contribution in [2.75, 3.05) is 0 Å². The third-order valence-corrected chi connectivity index (χ3v) is 5.69. The van der Waals surface area contributed by atoms with Gasteiger partial charge < -0.3 is 0 Å². The average Bonchev–Trinajstić information content (AvgIpc) is 2.89. The minimum absolute atomic E-state index is 0.187. The van der Waals surface area contributed by atoms with Crippen LogP contribution >= 0.6 is 0 Å². The van der Waals surface area contributed by atoms with Crippen LogP contribution in [-0.4, -0.2) is 11.6 Å². The molecule has 0 spiro atoms. The van der Waals surface area contributed by atoms with Crippen LogP contribution in [0.25, 0.3) is 0 Å². The molecule has 1 aromatic carbocycles. The minimum Gasteiger partial charge on any atom is -0.288 e. The van der Waals surface area contributed by atoms with Crippen molar-refractivity contribution in [3.05, 3.63) is 94.1 Å². The van der Waals surface area contributed by atoms with Crippen molar-refractivity contribution in [2.45, 2.75) is 47.0 Å². The first-order valence-corrected chi connectivity index (χ1v) is 9.93. The van der Waals surface area contributed by atoms with Crippen LogP contribution in [0.4, 0.5) is 0 Å². The van der Waals surface area contributed by atoms with Crippen LogP contribution in [0.15, 0.2) is 83.0 Å². The van der Waals surface area contributed by atoms with E-state index in [1.807, 2.05) is 12.2 Å². The molecule has 2 aliphatic carbocycles. The van der Waals surface area contributed by atoms with Gasteiger partial charge in [-0.25, -0.2) is 0 Å². The number of hydrogen-bond acceptors (Lipinski definition) is 2. The Morgan fingerprint density at radius 3 is 2.29 bits per heavy atom. The van der Waals surface area contributed by atoms with Gasteiger partial charge in [0.05, 0.1) is 5.57 Å². The Kier molecular flexibility index (Phi) is 5.79. The van der Waals surface area contributed by atoms with E-state index in [2.05, 4.69) is 39.8 Å². The third-order valence-electron chi connectivity index (χ3n) is 5.69. The monoisotopic (exact) mass is 372 g/mol. The number of carbonyl (C=O) groups is 2. The Labute approximate surface area is 168 Å². The molecule has 2 heteroatoms. The summed E-state index contributed by atoms with van der Waals surface area (Å²) < 4.78 is 0. The van der Waals surface area contributed by atoms with Gasteiger partial charge in [-0.05, 0) is 50.2 Å². The molecule has 0 N–H and O–H groups in total. The number of benzene rings is 1. The predicted octanol–water partition coefficient (Wildman–Crippen LogP) is 6.58. The summed E-state index contributed by atoms with van der Waals surface area (Å²) in [7, 11) is 0. The SMILES string of the molecule is CC1=C(/C=C/C(C)=C/C=C/C=C2C(=O)c3ccccc3C2=O)C(C)(C)CCC1. The van der Waals surface area contributed by atoms with Crippen molar-refractivity contribution in [1.29, 1.82) is 0 Å². The molecule has 0 atom stereocenters. The van der Waals surface area contributed by atoms with Crippen molar-refractivity contribution in [3.8, 4) is 0 Å². The zero-order valence-corrected chi connectivity index (χ0v) is 17.2. The molecule has 2 aliphatic rings. The quantitative estimate of drug-likeness (QED) is 0.340. The maximum absolute atomic E-state index is 12.3. The van der Waals surface area contributed by atoms with Crippen LogP contribution in [0.3, 0.4) is 0 Å². The van der Waals surface area contributed by atoms with E-state index in [0.717, 1.165) is 5.57 Å². The molecule has 3 rings (SSSR count). The predicted molar refractivity (Wildman–Crippen MR) is 116 cm³/mol. The summed E-state index contributed by atoms with van der Waals surface area (Å²) >= 11 is 0. The Hall–Kier alpha value is -2.74. The lowest BCUT2D eigenvalue weighted by Gasteiger charge is -2.32. The van der Waals surface area contributed by atoms with Crippen LogP contribution in [0, 0.1) is 5.41 Å². The minimum atomic E-state index is -0.187. The molecule has 0 radical (unpaired) electrons. The van der Waals surface area contributed by atoms with E-state index >= 15 is 0 Å². The Morgan fingerprint density at radius 1 is 1.04 bits per heavy atom. The average molecular weight is 373 g/mol. The van der Waals surface area contributed by atoms with E-state index in [-0.39, 0.29) is 22.6 Å².